The number of carbonyl (C=O) groups excluding carboxylic acids is 1. The predicted molar refractivity (Wildman–Crippen MR) is 170 cm³/mol. The van der Waals surface area contributed by atoms with E-state index in [1.54, 1.807) is 30.7 Å². The summed E-state index contributed by atoms with van der Waals surface area (Å²) < 4.78 is 11.4. The van der Waals surface area contributed by atoms with Crippen LogP contribution in [0.1, 0.15) is 45.1 Å². The number of allylic oxidation sites excluding steroid dienone is 1. The Hall–Kier alpha value is -3.64. The summed E-state index contributed by atoms with van der Waals surface area (Å²) in [5.41, 5.74) is 6.98. The SMILES string of the molecule is C=C1C(N2CCOCC2)CC2[C@](C)(CC[C@@H](O)[C@@]2(C)CO)C1CC(Nc1ccccn1)C1=CC(=Cc2cnc(N)nc2)OC1=O. The number of anilines is 2. The summed E-state index contributed by atoms with van der Waals surface area (Å²) in [6.45, 7) is 11.9. The number of carbonyl (C=O) groups is 1. The lowest BCUT2D eigenvalue weighted by Gasteiger charge is -2.62. The van der Waals surface area contributed by atoms with E-state index in [9.17, 15) is 15.0 Å². The fourth-order valence-corrected chi connectivity index (χ4v) is 8.27. The van der Waals surface area contributed by atoms with E-state index in [1.165, 1.54) is 0 Å². The average Bonchev–Trinajstić information content (AvgIpc) is 3.42. The maximum atomic E-state index is 13.5. The molecule has 11 nitrogen and oxygen atoms in total. The number of nitrogens with one attached hydrogen (secondary N) is 1. The highest BCUT2D eigenvalue weighted by atomic mass is 16.5. The van der Waals surface area contributed by atoms with Gasteiger partial charge in [-0.3, -0.25) is 4.90 Å². The normalized spacial score (nSPS) is 33.8. The number of aromatic nitrogens is 3. The third-order valence-electron chi connectivity index (χ3n) is 10.8. The maximum absolute atomic E-state index is 13.5. The molecule has 2 saturated carbocycles. The Morgan fingerprint density at radius 1 is 1.22 bits per heavy atom. The number of aliphatic hydroxyl groups excluding tert-OH is 2. The van der Waals surface area contributed by atoms with Crippen molar-refractivity contribution in [3.8, 4) is 0 Å². The molecule has 2 aliphatic heterocycles. The van der Waals surface area contributed by atoms with Gasteiger partial charge in [-0.05, 0) is 67.2 Å². The second-order valence-corrected chi connectivity index (χ2v) is 13.4. The minimum Gasteiger partial charge on any atom is -0.423 e. The number of hydrogen-bond acceptors (Lipinski definition) is 11. The van der Waals surface area contributed by atoms with Crippen LogP contribution < -0.4 is 11.1 Å². The van der Waals surface area contributed by atoms with E-state index < -0.39 is 23.5 Å². The Bertz CT molecular complexity index is 1460. The van der Waals surface area contributed by atoms with Crippen LogP contribution >= 0.6 is 0 Å². The number of fused-ring (bicyclic) bond motifs is 1. The molecule has 6 rings (SSSR count). The van der Waals surface area contributed by atoms with Crippen LogP contribution in [-0.2, 0) is 14.3 Å². The van der Waals surface area contributed by atoms with Gasteiger partial charge in [0.1, 0.15) is 11.6 Å². The van der Waals surface area contributed by atoms with Crippen molar-refractivity contribution >= 4 is 23.8 Å². The van der Waals surface area contributed by atoms with E-state index in [1.807, 2.05) is 25.1 Å². The summed E-state index contributed by atoms with van der Waals surface area (Å²) in [7, 11) is 0. The third-order valence-corrected chi connectivity index (χ3v) is 10.8. The van der Waals surface area contributed by atoms with Crippen molar-refractivity contribution in [2.45, 2.75) is 57.7 Å². The summed E-state index contributed by atoms with van der Waals surface area (Å²) >= 11 is 0. The zero-order chi connectivity index (χ0) is 31.8. The molecule has 0 amide bonds. The van der Waals surface area contributed by atoms with E-state index in [0.29, 0.717) is 48.8 Å². The molecule has 45 heavy (non-hydrogen) atoms. The van der Waals surface area contributed by atoms with Gasteiger partial charge in [0.2, 0.25) is 5.95 Å². The molecule has 4 unspecified atom stereocenters. The van der Waals surface area contributed by atoms with Crippen LogP contribution in [0.4, 0.5) is 11.8 Å². The Morgan fingerprint density at radius 3 is 2.67 bits per heavy atom. The van der Waals surface area contributed by atoms with E-state index in [2.05, 4.69) is 32.1 Å². The molecule has 7 atom stereocenters. The predicted octanol–water partition coefficient (Wildman–Crippen LogP) is 3.20. The lowest BCUT2D eigenvalue weighted by atomic mass is 9.45. The maximum Gasteiger partial charge on any atom is 0.341 e. The molecule has 0 spiro atoms. The fourth-order valence-electron chi connectivity index (χ4n) is 8.27. The molecule has 2 aliphatic carbocycles. The molecule has 0 bridgehead atoms. The average molecular weight is 617 g/mol. The number of nitrogen functional groups attached to an aromatic ring is 1. The van der Waals surface area contributed by atoms with E-state index in [0.717, 1.165) is 31.5 Å². The summed E-state index contributed by atoms with van der Waals surface area (Å²) in [4.78, 5) is 28.5. The van der Waals surface area contributed by atoms with Crippen LogP contribution in [0.5, 0.6) is 0 Å². The topological polar surface area (TPSA) is 156 Å². The quantitative estimate of drug-likeness (QED) is 0.255. The summed E-state index contributed by atoms with van der Waals surface area (Å²) in [6.07, 6.45) is 10.5. The fraction of sp³-hybridized carbons (Fsp3) is 0.529. The molecule has 2 aromatic heterocycles. The van der Waals surface area contributed by atoms with Crippen molar-refractivity contribution in [1.82, 2.24) is 19.9 Å². The summed E-state index contributed by atoms with van der Waals surface area (Å²) in [6, 6.07) is 5.25. The second kappa shape index (κ2) is 12.6. The van der Waals surface area contributed by atoms with Crippen molar-refractivity contribution in [3.05, 3.63) is 71.9 Å². The molecule has 5 N–H and O–H groups in total. The van der Waals surface area contributed by atoms with Gasteiger partial charge in [-0.1, -0.05) is 32.1 Å². The van der Waals surface area contributed by atoms with Gasteiger partial charge in [0, 0.05) is 48.7 Å². The Balaban J connectivity index is 1.39. The minimum absolute atomic E-state index is 0.0306. The van der Waals surface area contributed by atoms with Crippen LogP contribution in [-0.4, -0.2) is 87.1 Å². The zero-order valence-corrected chi connectivity index (χ0v) is 26.1. The molecular weight excluding hydrogens is 572 g/mol. The summed E-state index contributed by atoms with van der Waals surface area (Å²) in [5, 5.41) is 25.5. The number of ether oxygens (including phenoxy) is 2. The molecule has 11 heteroatoms. The highest BCUT2D eigenvalue weighted by molar-refractivity contribution is 5.95. The number of esters is 1. The first kappa shape index (κ1) is 31.3. The zero-order valence-electron chi connectivity index (χ0n) is 26.1. The second-order valence-electron chi connectivity index (χ2n) is 13.4. The Morgan fingerprint density at radius 2 is 1.98 bits per heavy atom. The number of aliphatic hydroxyl groups is 2. The first-order valence-electron chi connectivity index (χ1n) is 15.8. The van der Waals surface area contributed by atoms with Crippen LogP contribution in [0.3, 0.4) is 0 Å². The Kier molecular flexibility index (Phi) is 8.80. The van der Waals surface area contributed by atoms with Crippen molar-refractivity contribution in [2.75, 3.05) is 44.0 Å². The standard InChI is InChI=1S/C34H44N6O5/c1-21-25(33(2)8-7-29(42)34(3,20-41)28(33)17-27(21)40-10-12-44-13-11-40)16-26(39-30-6-4-5-9-36-30)24-15-23(45-31(24)43)14-22-18-37-32(35)38-19-22/h4-6,9,14-15,18-19,25-29,41-42H,1,7-8,10-13,16-17,20H2,2-3H3,(H,36,39)(H2,35,37,38)/t25?,26?,27?,28?,29-,33-,34+/m1/s1. The lowest BCUT2D eigenvalue weighted by Crippen LogP contribution is -2.62. The van der Waals surface area contributed by atoms with Gasteiger partial charge in [-0.25, -0.2) is 19.7 Å². The van der Waals surface area contributed by atoms with Crippen LogP contribution in [0.2, 0.25) is 0 Å². The van der Waals surface area contributed by atoms with Crippen LogP contribution in [0.25, 0.3) is 6.08 Å². The number of cyclic esters (lactones) is 1. The van der Waals surface area contributed by atoms with Gasteiger partial charge in [0.05, 0.1) is 37.5 Å². The van der Waals surface area contributed by atoms with Gasteiger partial charge in [0.25, 0.3) is 0 Å². The third kappa shape index (κ3) is 6.02. The highest BCUT2D eigenvalue weighted by Crippen LogP contribution is 2.62. The number of nitrogens with zero attached hydrogens (tertiary/aromatic N) is 4. The molecule has 4 heterocycles. The van der Waals surface area contributed by atoms with E-state index in [-0.39, 0.29) is 35.8 Å². The van der Waals surface area contributed by atoms with Crippen molar-refractivity contribution in [1.29, 1.82) is 0 Å². The molecule has 2 aromatic rings. The number of nitrogens with two attached hydrogens (primary N) is 1. The Labute approximate surface area is 264 Å². The number of hydrogen-bond donors (Lipinski definition) is 4. The number of pyridine rings is 1. The first-order valence-corrected chi connectivity index (χ1v) is 15.8. The molecule has 4 aliphatic rings. The first-order chi connectivity index (χ1) is 21.6. The largest absolute Gasteiger partial charge is 0.423 e. The molecule has 240 valence electrons. The van der Waals surface area contributed by atoms with Crippen molar-refractivity contribution in [2.24, 2.45) is 22.7 Å². The number of rotatable bonds is 8. The van der Waals surface area contributed by atoms with Crippen molar-refractivity contribution < 1.29 is 24.5 Å². The molecule has 0 aromatic carbocycles. The minimum atomic E-state index is -0.664. The van der Waals surface area contributed by atoms with Gasteiger partial charge in [0.15, 0.2) is 0 Å². The molecule has 1 saturated heterocycles. The van der Waals surface area contributed by atoms with E-state index >= 15 is 0 Å². The van der Waals surface area contributed by atoms with Crippen LogP contribution in [0.15, 0.2) is 66.3 Å². The highest BCUT2D eigenvalue weighted by Gasteiger charge is 2.60. The smallest absolute Gasteiger partial charge is 0.341 e. The van der Waals surface area contributed by atoms with Gasteiger partial charge in [-0.15, -0.1) is 0 Å². The monoisotopic (exact) mass is 616 g/mol. The molecule has 3 fully saturated rings. The van der Waals surface area contributed by atoms with Gasteiger partial charge < -0.3 is 30.7 Å². The van der Waals surface area contributed by atoms with E-state index in [4.69, 9.17) is 21.8 Å². The number of morpholine rings is 1. The summed E-state index contributed by atoms with van der Waals surface area (Å²) in [5.74, 6) is 0.770. The molecule has 0 radical (unpaired) electrons. The van der Waals surface area contributed by atoms with Gasteiger partial charge in [-0.2, -0.15) is 0 Å². The molecular formula is C34H44N6O5. The van der Waals surface area contributed by atoms with Gasteiger partial charge >= 0.3 is 5.97 Å². The van der Waals surface area contributed by atoms with Crippen molar-refractivity contribution in [3.63, 3.8) is 0 Å². The lowest BCUT2D eigenvalue weighted by molar-refractivity contribution is -0.163. The van der Waals surface area contributed by atoms with Crippen LogP contribution in [0, 0.1) is 22.7 Å².